The lowest BCUT2D eigenvalue weighted by molar-refractivity contribution is -0.387. The zero-order chi connectivity index (χ0) is 14.5. The van der Waals surface area contributed by atoms with E-state index in [0.29, 0.717) is 0 Å². The molecule has 0 unspecified atom stereocenters. The number of benzene rings is 2. The fourth-order valence-corrected chi connectivity index (χ4v) is 1.67. The van der Waals surface area contributed by atoms with Crippen LogP contribution in [0.2, 0.25) is 0 Å². The molecule has 5 nitrogen and oxygen atoms in total. The SMILES string of the molecule is O=C(OCc1ccccc1)c1cccc(F)c1[N+](=O)[O-]. The van der Waals surface area contributed by atoms with Crippen LogP contribution >= 0.6 is 0 Å². The van der Waals surface area contributed by atoms with Crippen LogP contribution in [0, 0.1) is 15.9 Å². The minimum atomic E-state index is -1.07. The number of nitro groups is 1. The van der Waals surface area contributed by atoms with Crippen LogP contribution in [0.1, 0.15) is 15.9 Å². The number of halogens is 1. The molecule has 0 aliphatic heterocycles. The summed E-state index contributed by atoms with van der Waals surface area (Å²) in [7, 11) is 0. The zero-order valence-corrected chi connectivity index (χ0v) is 10.3. The molecule has 0 radical (unpaired) electrons. The van der Waals surface area contributed by atoms with Gasteiger partial charge in [-0.3, -0.25) is 10.1 Å². The first-order valence-corrected chi connectivity index (χ1v) is 5.73. The molecular weight excluding hydrogens is 265 g/mol. The monoisotopic (exact) mass is 275 g/mol. The highest BCUT2D eigenvalue weighted by Crippen LogP contribution is 2.23. The van der Waals surface area contributed by atoms with Crippen molar-refractivity contribution in [2.45, 2.75) is 6.61 Å². The predicted octanol–water partition coefficient (Wildman–Crippen LogP) is 3.09. The largest absolute Gasteiger partial charge is 0.457 e. The smallest absolute Gasteiger partial charge is 0.345 e. The van der Waals surface area contributed by atoms with Crippen molar-refractivity contribution < 1.29 is 18.8 Å². The first kappa shape index (κ1) is 13.7. The van der Waals surface area contributed by atoms with Gasteiger partial charge in [0.25, 0.3) is 0 Å². The van der Waals surface area contributed by atoms with E-state index in [9.17, 15) is 19.3 Å². The third kappa shape index (κ3) is 2.97. The molecule has 0 heterocycles. The summed E-state index contributed by atoms with van der Waals surface area (Å²) in [5.74, 6) is -2.00. The Morgan fingerprint density at radius 3 is 2.50 bits per heavy atom. The molecule has 0 bridgehead atoms. The number of rotatable bonds is 4. The van der Waals surface area contributed by atoms with Crippen LogP contribution in [0.4, 0.5) is 10.1 Å². The summed E-state index contributed by atoms with van der Waals surface area (Å²) in [5.41, 5.74) is -0.531. The minimum absolute atomic E-state index is 0.0344. The van der Waals surface area contributed by atoms with E-state index in [1.54, 1.807) is 24.3 Å². The predicted molar refractivity (Wildman–Crippen MR) is 68.6 cm³/mol. The van der Waals surface area contributed by atoms with Crippen molar-refractivity contribution in [2.24, 2.45) is 0 Å². The Morgan fingerprint density at radius 1 is 1.15 bits per heavy atom. The van der Waals surface area contributed by atoms with Crippen molar-refractivity contribution >= 4 is 11.7 Å². The molecule has 0 N–H and O–H groups in total. The molecule has 0 aliphatic rings. The molecule has 102 valence electrons. The minimum Gasteiger partial charge on any atom is -0.457 e. The van der Waals surface area contributed by atoms with Crippen molar-refractivity contribution in [1.29, 1.82) is 0 Å². The number of carbonyl (C=O) groups excluding carboxylic acids is 1. The summed E-state index contributed by atoms with van der Waals surface area (Å²) in [4.78, 5) is 21.6. The molecule has 2 aromatic rings. The van der Waals surface area contributed by atoms with E-state index in [1.807, 2.05) is 6.07 Å². The number of esters is 1. The van der Waals surface area contributed by atoms with Crippen molar-refractivity contribution in [2.75, 3.05) is 0 Å². The van der Waals surface area contributed by atoms with Gasteiger partial charge in [0, 0.05) is 0 Å². The Bertz CT molecular complexity index is 643. The lowest BCUT2D eigenvalue weighted by Gasteiger charge is -2.05. The van der Waals surface area contributed by atoms with E-state index in [2.05, 4.69) is 0 Å². The van der Waals surface area contributed by atoms with Crippen LogP contribution in [0.15, 0.2) is 48.5 Å². The number of hydrogen-bond donors (Lipinski definition) is 0. The first-order chi connectivity index (χ1) is 9.59. The second-order valence-electron chi connectivity index (χ2n) is 3.95. The van der Waals surface area contributed by atoms with Crippen LogP contribution < -0.4 is 0 Å². The molecule has 0 saturated heterocycles. The lowest BCUT2D eigenvalue weighted by Crippen LogP contribution is -2.09. The number of carbonyl (C=O) groups is 1. The van der Waals surface area contributed by atoms with Crippen LogP contribution in [-0.4, -0.2) is 10.9 Å². The van der Waals surface area contributed by atoms with Crippen molar-refractivity contribution in [1.82, 2.24) is 0 Å². The van der Waals surface area contributed by atoms with Gasteiger partial charge in [0.15, 0.2) is 0 Å². The Balaban J connectivity index is 2.18. The Morgan fingerprint density at radius 2 is 1.85 bits per heavy atom. The van der Waals surface area contributed by atoms with Gasteiger partial charge in [0.2, 0.25) is 5.82 Å². The lowest BCUT2D eigenvalue weighted by atomic mass is 10.1. The molecule has 2 aromatic carbocycles. The number of nitrogens with zero attached hydrogens (tertiary/aromatic N) is 1. The molecule has 20 heavy (non-hydrogen) atoms. The fraction of sp³-hybridized carbons (Fsp3) is 0.0714. The van der Waals surface area contributed by atoms with Gasteiger partial charge in [0.1, 0.15) is 12.2 Å². The number of nitro benzene ring substituents is 1. The summed E-state index contributed by atoms with van der Waals surface area (Å²) in [6.07, 6.45) is 0. The highest BCUT2D eigenvalue weighted by atomic mass is 19.1. The van der Waals surface area contributed by atoms with Crippen molar-refractivity contribution in [3.8, 4) is 0 Å². The van der Waals surface area contributed by atoms with E-state index in [0.717, 1.165) is 17.7 Å². The first-order valence-electron chi connectivity index (χ1n) is 5.73. The van der Waals surface area contributed by atoms with Gasteiger partial charge in [-0.25, -0.2) is 4.79 Å². The van der Waals surface area contributed by atoms with Crippen LogP contribution in [-0.2, 0) is 11.3 Å². The molecule has 0 spiro atoms. The van der Waals surface area contributed by atoms with Crippen LogP contribution in [0.3, 0.4) is 0 Å². The third-order valence-corrected chi connectivity index (χ3v) is 2.60. The number of hydrogen-bond acceptors (Lipinski definition) is 4. The average molecular weight is 275 g/mol. The topological polar surface area (TPSA) is 69.4 Å². The van der Waals surface area contributed by atoms with Gasteiger partial charge in [0.05, 0.1) is 4.92 Å². The quantitative estimate of drug-likeness (QED) is 0.488. The standard InChI is InChI=1S/C14H10FNO4/c15-12-8-4-7-11(13(12)16(18)19)14(17)20-9-10-5-2-1-3-6-10/h1-8H,9H2. The van der Waals surface area contributed by atoms with E-state index < -0.39 is 28.0 Å². The highest BCUT2D eigenvalue weighted by Gasteiger charge is 2.25. The molecular formula is C14H10FNO4. The van der Waals surface area contributed by atoms with Gasteiger partial charge in [-0.15, -0.1) is 0 Å². The molecule has 0 fully saturated rings. The molecule has 0 atom stereocenters. The normalized spacial score (nSPS) is 10.1. The van der Waals surface area contributed by atoms with Gasteiger partial charge in [-0.05, 0) is 17.7 Å². The average Bonchev–Trinajstić information content (AvgIpc) is 2.45. The third-order valence-electron chi connectivity index (χ3n) is 2.60. The summed E-state index contributed by atoms with van der Waals surface area (Å²) in [6, 6.07) is 12.1. The Kier molecular flexibility index (Phi) is 4.05. The second-order valence-corrected chi connectivity index (χ2v) is 3.95. The van der Waals surface area contributed by atoms with Crippen LogP contribution in [0.25, 0.3) is 0 Å². The summed E-state index contributed by atoms with van der Waals surface area (Å²) in [5, 5.41) is 10.8. The van der Waals surface area contributed by atoms with Crippen molar-refractivity contribution in [3.05, 3.63) is 75.6 Å². The van der Waals surface area contributed by atoms with Gasteiger partial charge in [-0.2, -0.15) is 4.39 Å². The zero-order valence-electron chi connectivity index (χ0n) is 10.3. The maximum Gasteiger partial charge on any atom is 0.345 e. The molecule has 0 aliphatic carbocycles. The van der Waals surface area contributed by atoms with Crippen LogP contribution in [0.5, 0.6) is 0 Å². The summed E-state index contributed by atoms with van der Waals surface area (Å²) < 4.78 is 18.3. The summed E-state index contributed by atoms with van der Waals surface area (Å²) in [6.45, 7) is -0.0344. The molecule has 0 aromatic heterocycles. The van der Waals surface area contributed by atoms with Gasteiger partial charge in [-0.1, -0.05) is 36.4 Å². The Labute approximate surface area is 113 Å². The number of ether oxygens (including phenoxy) is 1. The van der Waals surface area contributed by atoms with E-state index in [-0.39, 0.29) is 6.61 Å². The van der Waals surface area contributed by atoms with Gasteiger partial charge < -0.3 is 4.74 Å². The Hall–Kier alpha value is -2.76. The van der Waals surface area contributed by atoms with E-state index in [4.69, 9.17) is 4.74 Å². The highest BCUT2D eigenvalue weighted by molar-refractivity contribution is 5.93. The fourth-order valence-electron chi connectivity index (χ4n) is 1.67. The second kappa shape index (κ2) is 5.92. The van der Waals surface area contributed by atoms with E-state index in [1.165, 1.54) is 6.07 Å². The molecule has 0 amide bonds. The van der Waals surface area contributed by atoms with Crippen molar-refractivity contribution in [3.63, 3.8) is 0 Å². The molecule has 2 rings (SSSR count). The maximum absolute atomic E-state index is 13.4. The molecule has 6 heteroatoms. The number of para-hydroxylation sites is 1. The van der Waals surface area contributed by atoms with E-state index >= 15 is 0 Å². The summed E-state index contributed by atoms with van der Waals surface area (Å²) >= 11 is 0. The van der Waals surface area contributed by atoms with Gasteiger partial charge >= 0.3 is 11.7 Å². The molecule has 0 saturated carbocycles. The maximum atomic E-state index is 13.4.